The van der Waals surface area contributed by atoms with Gasteiger partial charge in [-0.15, -0.1) is 0 Å². The molecular weight excluding hydrogens is 409 g/mol. The largest absolute Gasteiger partial charge is 0.478 e. The fraction of sp³-hybridized carbons (Fsp3) is 0.0435. The van der Waals surface area contributed by atoms with Crippen LogP contribution in [0.1, 0.15) is 15.9 Å². The third-order valence-electron chi connectivity index (χ3n) is 4.67. The Balaban J connectivity index is 1.79. The lowest BCUT2D eigenvalue weighted by Crippen LogP contribution is -2.09. The Kier molecular flexibility index (Phi) is 4.98. The number of nitrogens with two attached hydrogens (primary N) is 1. The molecule has 3 N–H and O–H groups in total. The Morgan fingerprint density at radius 2 is 1.58 bits per heavy atom. The van der Waals surface area contributed by atoms with E-state index in [4.69, 9.17) is 10.5 Å². The van der Waals surface area contributed by atoms with Crippen molar-refractivity contribution in [2.75, 3.05) is 5.73 Å². The summed E-state index contributed by atoms with van der Waals surface area (Å²) in [5, 5.41) is 9.45. The number of hydrogen-bond donors (Lipinski definition) is 2. The van der Waals surface area contributed by atoms with Crippen LogP contribution < -0.4 is 10.5 Å². The van der Waals surface area contributed by atoms with Crippen LogP contribution in [0, 0.1) is 0 Å². The SMILES string of the molecule is Nc1c(-c2ccc(Oc3ccccc3)cc2)nc2ccc(C(F)(F)F)cc2c1C(=O)O. The van der Waals surface area contributed by atoms with Crippen molar-refractivity contribution in [2.45, 2.75) is 6.18 Å². The van der Waals surface area contributed by atoms with Gasteiger partial charge in [0.25, 0.3) is 0 Å². The van der Waals surface area contributed by atoms with Crippen LogP contribution in [0.3, 0.4) is 0 Å². The summed E-state index contributed by atoms with van der Waals surface area (Å²) in [6.45, 7) is 0. The Bertz CT molecular complexity index is 1270. The summed E-state index contributed by atoms with van der Waals surface area (Å²) in [5.74, 6) is -0.246. The number of nitrogens with zero attached hydrogens (tertiary/aromatic N) is 1. The molecule has 0 amide bonds. The van der Waals surface area contributed by atoms with Crippen molar-refractivity contribution in [3.05, 3.63) is 83.9 Å². The minimum absolute atomic E-state index is 0.0965. The lowest BCUT2D eigenvalue weighted by atomic mass is 9.99. The molecule has 0 radical (unpaired) electrons. The van der Waals surface area contributed by atoms with Gasteiger partial charge in [0.2, 0.25) is 0 Å². The Morgan fingerprint density at radius 1 is 0.935 bits per heavy atom. The molecule has 0 fully saturated rings. The first kappa shape index (κ1) is 20.2. The maximum atomic E-state index is 13.1. The number of halogens is 3. The number of rotatable bonds is 4. The zero-order valence-corrected chi connectivity index (χ0v) is 15.9. The minimum Gasteiger partial charge on any atom is -0.478 e. The van der Waals surface area contributed by atoms with Crippen LogP contribution in [0.25, 0.3) is 22.2 Å². The number of carboxylic acid groups (broad SMARTS) is 1. The highest BCUT2D eigenvalue weighted by Gasteiger charge is 2.31. The second-order valence-electron chi connectivity index (χ2n) is 6.72. The highest BCUT2D eigenvalue weighted by atomic mass is 19.4. The summed E-state index contributed by atoms with van der Waals surface area (Å²) in [6.07, 6.45) is -4.62. The molecule has 0 unspecified atom stereocenters. The Hall–Kier alpha value is -4.07. The number of nitrogen functional groups attached to an aromatic ring is 1. The number of pyridine rings is 1. The summed E-state index contributed by atoms with van der Waals surface area (Å²) in [5.41, 5.74) is 5.20. The number of ether oxygens (including phenoxy) is 1. The van der Waals surface area contributed by atoms with Crippen molar-refractivity contribution in [3.8, 4) is 22.8 Å². The number of para-hydroxylation sites is 1. The molecule has 0 saturated heterocycles. The second kappa shape index (κ2) is 7.64. The van der Waals surface area contributed by atoms with Gasteiger partial charge in [-0.1, -0.05) is 18.2 Å². The van der Waals surface area contributed by atoms with Crippen LogP contribution >= 0.6 is 0 Å². The number of hydrogen-bond acceptors (Lipinski definition) is 4. The van der Waals surface area contributed by atoms with E-state index in [1.807, 2.05) is 18.2 Å². The number of carbonyl (C=O) groups is 1. The van der Waals surface area contributed by atoms with Crippen LogP contribution in [-0.2, 0) is 6.18 Å². The first-order valence-electron chi connectivity index (χ1n) is 9.11. The molecular formula is C23H15F3N2O3. The Morgan fingerprint density at radius 3 is 2.19 bits per heavy atom. The quantitative estimate of drug-likeness (QED) is 0.420. The molecule has 0 spiro atoms. The summed E-state index contributed by atoms with van der Waals surface area (Å²) in [6, 6.07) is 18.5. The van der Waals surface area contributed by atoms with Gasteiger partial charge in [0, 0.05) is 10.9 Å². The number of anilines is 1. The standard InChI is InChI=1S/C23H15F3N2O3/c24-23(25,26)14-8-11-18-17(12-14)19(22(29)30)20(27)21(28-18)13-6-9-16(10-7-13)31-15-4-2-1-3-5-15/h1-12H,27H2,(H,29,30). The smallest absolute Gasteiger partial charge is 0.416 e. The minimum atomic E-state index is -4.62. The topological polar surface area (TPSA) is 85.4 Å². The average molecular weight is 424 g/mol. The van der Waals surface area contributed by atoms with Crippen molar-refractivity contribution in [1.82, 2.24) is 4.98 Å². The zero-order chi connectivity index (χ0) is 22.2. The molecule has 0 atom stereocenters. The van der Waals surface area contributed by atoms with E-state index in [1.165, 1.54) is 0 Å². The van der Waals surface area contributed by atoms with Crippen LogP contribution in [0.2, 0.25) is 0 Å². The van der Waals surface area contributed by atoms with Crippen molar-refractivity contribution >= 4 is 22.6 Å². The first-order chi connectivity index (χ1) is 14.7. The van der Waals surface area contributed by atoms with Crippen LogP contribution in [0.15, 0.2) is 72.8 Å². The van der Waals surface area contributed by atoms with Gasteiger partial charge in [-0.05, 0) is 54.6 Å². The van der Waals surface area contributed by atoms with Crippen LogP contribution in [0.4, 0.5) is 18.9 Å². The lowest BCUT2D eigenvalue weighted by molar-refractivity contribution is -0.137. The predicted octanol–water partition coefficient (Wildman–Crippen LogP) is 5.99. The fourth-order valence-corrected chi connectivity index (χ4v) is 3.21. The molecule has 1 aromatic heterocycles. The molecule has 156 valence electrons. The lowest BCUT2D eigenvalue weighted by Gasteiger charge is -2.14. The van der Waals surface area contributed by atoms with Gasteiger partial charge in [0.1, 0.15) is 11.5 Å². The average Bonchev–Trinajstić information content (AvgIpc) is 2.73. The Labute approximate surface area is 174 Å². The fourth-order valence-electron chi connectivity index (χ4n) is 3.21. The van der Waals surface area contributed by atoms with Gasteiger partial charge in [-0.3, -0.25) is 0 Å². The van der Waals surface area contributed by atoms with Gasteiger partial charge in [0.15, 0.2) is 0 Å². The summed E-state index contributed by atoms with van der Waals surface area (Å²) < 4.78 is 45.0. The molecule has 31 heavy (non-hydrogen) atoms. The highest BCUT2D eigenvalue weighted by molar-refractivity contribution is 6.10. The molecule has 0 aliphatic carbocycles. The molecule has 4 rings (SSSR count). The van der Waals surface area contributed by atoms with Gasteiger partial charge >= 0.3 is 12.1 Å². The maximum Gasteiger partial charge on any atom is 0.416 e. The molecule has 1 heterocycles. The van der Waals surface area contributed by atoms with E-state index in [0.29, 0.717) is 17.1 Å². The summed E-state index contributed by atoms with van der Waals surface area (Å²) in [4.78, 5) is 16.2. The zero-order valence-electron chi connectivity index (χ0n) is 15.9. The van der Waals surface area contributed by atoms with E-state index in [-0.39, 0.29) is 22.3 Å². The van der Waals surface area contributed by atoms with Crippen molar-refractivity contribution in [3.63, 3.8) is 0 Å². The number of aromatic nitrogens is 1. The van der Waals surface area contributed by atoms with E-state index < -0.39 is 23.3 Å². The number of alkyl halides is 3. The molecule has 0 bridgehead atoms. The monoisotopic (exact) mass is 424 g/mol. The van der Waals surface area contributed by atoms with Crippen molar-refractivity contribution in [1.29, 1.82) is 0 Å². The molecule has 5 nitrogen and oxygen atoms in total. The van der Waals surface area contributed by atoms with Gasteiger partial charge in [0.05, 0.1) is 28.0 Å². The van der Waals surface area contributed by atoms with E-state index in [9.17, 15) is 23.1 Å². The molecule has 0 aliphatic heterocycles. The summed E-state index contributed by atoms with van der Waals surface area (Å²) in [7, 11) is 0. The maximum absolute atomic E-state index is 13.1. The summed E-state index contributed by atoms with van der Waals surface area (Å²) >= 11 is 0. The third kappa shape index (κ3) is 4.00. The molecule has 3 aromatic carbocycles. The first-order valence-corrected chi connectivity index (χ1v) is 9.11. The van der Waals surface area contributed by atoms with Crippen molar-refractivity contribution < 1.29 is 27.8 Å². The van der Waals surface area contributed by atoms with E-state index >= 15 is 0 Å². The number of carboxylic acids is 1. The van der Waals surface area contributed by atoms with Crippen LogP contribution in [0.5, 0.6) is 11.5 Å². The third-order valence-corrected chi connectivity index (χ3v) is 4.67. The van der Waals surface area contributed by atoms with Gasteiger partial charge in [-0.2, -0.15) is 13.2 Å². The van der Waals surface area contributed by atoms with Crippen LogP contribution in [-0.4, -0.2) is 16.1 Å². The van der Waals surface area contributed by atoms with Gasteiger partial charge in [-0.25, -0.2) is 9.78 Å². The molecule has 0 saturated carbocycles. The number of fused-ring (bicyclic) bond motifs is 1. The predicted molar refractivity (Wildman–Crippen MR) is 110 cm³/mol. The number of aromatic carboxylic acids is 1. The van der Waals surface area contributed by atoms with Gasteiger partial charge < -0.3 is 15.6 Å². The molecule has 0 aliphatic rings. The number of benzene rings is 3. The van der Waals surface area contributed by atoms with E-state index in [1.54, 1.807) is 36.4 Å². The molecule has 4 aromatic rings. The molecule has 8 heteroatoms. The van der Waals surface area contributed by atoms with Crippen molar-refractivity contribution in [2.24, 2.45) is 0 Å². The second-order valence-corrected chi connectivity index (χ2v) is 6.72. The van der Waals surface area contributed by atoms with E-state index in [0.717, 1.165) is 18.2 Å². The normalized spacial score (nSPS) is 11.5. The highest BCUT2D eigenvalue weighted by Crippen LogP contribution is 2.37. The van der Waals surface area contributed by atoms with E-state index in [2.05, 4.69) is 4.98 Å².